The number of carbonyl (C=O) groups is 2. The van der Waals surface area contributed by atoms with Gasteiger partial charge in [0.2, 0.25) is 5.91 Å². The monoisotopic (exact) mass is 274 g/mol. The van der Waals surface area contributed by atoms with E-state index in [2.05, 4.69) is 5.92 Å². The first-order valence-corrected chi connectivity index (χ1v) is 5.72. The maximum atomic E-state index is 11.8. The molecule has 7 heteroatoms. The summed E-state index contributed by atoms with van der Waals surface area (Å²) in [6.45, 7) is 0.216. The number of carboxylic acids is 1. The second kappa shape index (κ2) is 5.01. The number of non-ortho nitro benzene ring substituents is 1. The fourth-order valence-electron chi connectivity index (χ4n) is 2.10. The lowest BCUT2D eigenvalue weighted by Crippen LogP contribution is -2.26. The van der Waals surface area contributed by atoms with Crippen LogP contribution in [0.3, 0.4) is 0 Å². The number of nitro groups is 1. The summed E-state index contributed by atoms with van der Waals surface area (Å²) < 4.78 is 0. The highest BCUT2D eigenvalue weighted by atomic mass is 16.6. The van der Waals surface area contributed by atoms with Crippen molar-refractivity contribution < 1.29 is 19.6 Å². The molecule has 1 atom stereocenters. The normalized spacial score (nSPS) is 17.9. The first-order chi connectivity index (χ1) is 9.43. The molecule has 1 unspecified atom stereocenters. The number of nitrogens with zero attached hydrogens (tertiary/aromatic N) is 2. The highest BCUT2D eigenvalue weighted by Gasteiger charge is 2.32. The largest absolute Gasteiger partial charge is 0.478 e. The summed E-state index contributed by atoms with van der Waals surface area (Å²) in [7, 11) is 0. The zero-order valence-electron chi connectivity index (χ0n) is 10.3. The van der Waals surface area contributed by atoms with Crippen molar-refractivity contribution in [1.82, 2.24) is 0 Å². The fraction of sp³-hybridized carbons (Fsp3) is 0.231. The van der Waals surface area contributed by atoms with E-state index in [4.69, 9.17) is 11.5 Å². The van der Waals surface area contributed by atoms with Crippen LogP contribution in [0.1, 0.15) is 16.8 Å². The van der Waals surface area contributed by atoms with E-state index >= 15 is 0 Å². The van der Waals surface area contributed by atoms with Crippen LogP contribution >= 0.6 is 0 Å². The first-order valence-electron chi connectivity index (χ1n) is 5.72. The minimum absolute atomic E-state index is 0.130. The second-order valence-corrected chi connectivity index (χ2v) is 4.34. The number of terminal acetylenes is 1. The van der Waals surface area contributed by atoms with Crippen molar-refractivity contribution in [3.63, 3.8) is 0 Å². The van der Waals surface area contributed by atoms with Gasteiger partial charge in [-0.2, -0.15) is 0 Å². The highest BCUT2D eigenvalue weighted by Crippen LogP contribution is 2.30. The predicted molar refractivity (Wildman–Crippen MR) is 69.3 cm³/mol. The van der Waals surface area contributed by atoms with Gasteiger partial charge < -0.3 is 10.0 Å². The lowest BCUT2D eigenvalue weighted by molar-refractivity contribution is -0.384. The predicted octanol–water partition coefficient (Wildman–Crippen LogP) is 1.28. The van der Waals surface area contributed by atoms with Gasteiger partial charge >= 0.3 is 5.97 Å². The van der Waals surface area contributed by atoms with Crippen molar-refractivity contribution in [3.05, 3.63) is 33.9 Å². The van der Waals surface area contributed by atoms with E-state index in [0.29, 0.717) is 0 Å². The van der Waals surface area contributed by atoms with Gasteiger partial charge in [0.1, 0.15) is 0 Å². The second-order valence-electron chi connectivity index (χ2n) is 4.34. The number of hydrogen-bond donors (Lipinski definition) is 1. The van der Waals surface area contributed by atoms with Gasteiger partial charge in [0, 0.05) is 31.0 Å². The minimum Gasteiger partial charge on any atom is -0.478 e. The average molecular weight is 274 g/mol. The molecule has 1 aliphatic heterocycles. The molecule has 7 nitrogen and oxygen atoms in total. The third kappa shape index (κ3) is 2.31. The van der Waals surface area contributed by atoms with Gasteiger partial charge in [0.15, 0.2) is 0 Å². The number of anilines is 1. The number of benzene rings is 1. The van der Waals surface area contributed by atoms with Crippen LogP contribution < -0.4 is 4.90 Å². The molecule has 0 radical (unpaired) electrons. The number of hydrogen-bond acceptors (Lipinski definition) is 4. The van der Waals surface area contributed by atoms with Gasteiger partial charge in [0.25, 0.3) is 5.69 Å². The molecule has 0 aromatic heterocycles. The molecule has 1 heterocycles. The lowest BCUT2D eigenvalue weighted by Gasteiger charge is -2.18. The van der Waals surface area contributed by atoms with E-state index in [1.807, 2.05) is 0 Å². The molecule has 20 heavy (non-hydrogen) atoms. The van der Waals surface area contributed by atoms with Gasteiger partial charge in [-0.15, -0.1) is 12.3 Å². The van der Waals surface area contributed by atoms with Crippen molar-refractivity contribution in [3.8, 4) is 12.3 Å². The molecule has 0 aliphatic carbocycles. The Morgan fingerprint density at radius 1 is 1.55 bits per heavy atom. The van der Waals surface area contributed by atoms with Gasteiger partial charge in [-0.1, -0.05) is 0 Å². The third-order valence-electron chi connectivity index (χ3n) is 3.07. The van der Waals surface area contributed by atoms with Crippen LogP contribution in [0.4, 0.5) is 11.4 Å². The quantitative estimate of drug-likeness (QED) is 0.508. The van der Waals surface area contributed by atoms with E-state index in [9.17, 15) is 19.7 Å². The van der Waals surface area contributed by atoms with Gasteiger partial charge in [-0.25, -0.2) is 4.79 Å². The van der Waals surface area contributed by atoms with Crippen molar-refractivity contribution in [2.45, 2.75) is 6.42 Å². The van der Waals surface area contributed by atoms with Crippen molar-refractivity contribution in [2.24, 2.45) is 5.92 Å². The van der Waals surface area contributed by atoms with Crippen LogP contribution in [0.2, 0.25) is 0 Å². The van der Waals surface area contributed by atoms with Crippen molar-refractivity contribution in [2.75, 3.05) is 11.4 Å². The first kappa shape index (κ1) is 13.5. The summed E-state index contributed by atoms with van der Waals surface area (Å²) in [5.41, 5.74) is -0.498. The highest BCUT2D eigenvalue weighted by molar-refractivity contribution is 6.03. The SMILES string of the molecule is C#CC1CC(=O)N(c2ccc([N+](=O)[O-])cc2C(=O)O)C1. The topological polar surface area (TPSA) is 101 Å². The summed E-state index contributed by atoms with van der Waals surface area (Å²) in [6, 6.07) is 3.37. The summed E-state index contributed by atoms with van der Waals surface area (Å²) in [5, 5.41) is 19.8. The van der Waals surface area contributed by atoms with Crippen LogP contribution in [0.15, 0.2) is 18.2 Å². The summed E-state index contributed by atoms with van der Waals surface area (Å²) in [5.74, 6) is 0.555. The molecule has 1 amide bonds. The molecule has 0 saturated carbocycles. The Morgan fingerprint density at radius 2 is 2.25 bits per heavy atom. The van der Waals surface area contributed by atoms with E-state index in [-0.39, 0.29) is 41.7 Å². The molecule has 102 valence electrons. The maximum Gasteiger partial charge on any atom is 0.338 e. The Hall–Kier alpha value is -2.88. The van der Waals surface area contributed by atoms with E-state index < -0.39 is 10.9 Å². The third-order valence-corrected chi connectivity index (χ3v) is 3.07. The molecular weight excluding hydrogens is 264 g/mol. The Morgan fingerprint density at radius 3 is 2.75 bits per heavy atom. The molecule has 1 aromatic rings. The molecular formula is C13H10N2O5. The number of amides is 1. The summed E-state index contributed by atoms with van der Waals surface area (Å²) >= 11 is 0. The Kier molecular flexibility index (Phi) is 3.39. The lowest BCUT2D eigenvalue weighted by atomic mass is 10.1. The molecule has 1 saturated heterocycles. The van der Waals surface area contributed by atoms with Crippen molar-refractivity contribution in [1.29, 1.82) is 0 Å². The van der Waals surface area contributed by atoms with Crippen LogP contribution in [-0.4, -0.2) is 28.5 Å². The van der Waals surface area contributed by atoms with E-state index in [1.165, 1.54) is 11.0 Å². The molecule has 1 aromatic carbocycles. The molecule has 2 rings (SSSR count). The molecule has 0 bridgehead atoms. The maximum absolute atomic E-state index is 11.8. The summed E-state index contributed by atoms with van der Waals surface area (Å²) in [4.78, 5) is 34.3. The van der Waals surface area contributed by atoms with Crippen LogP contribution in [-0.2, 0) is 4.79 Å². The summed E-state index contributed by atoms with van der Waals surface area (Å²) in [6.07, 6.45) is 5.41. The van der Waals surface area contributed by atoms with Crippen LogP contribution in [0.25, 0.3) is 0 Å². The number of nitro benzene ring substituents is 1. The minimum atomic E-state index is -1.33. The molecule has 1 N–H and O–H groups in total. The van der Waals surface area contributed by atoms with Crippen LogP contribution in [0.5, 0.6) is 0 Å². The Labute approximate surface area is 114 Å². The number of aromatic carboxylic acids is 1. The Bertz CT molecular complexity index is 647. The number of carbonyl (C=O) groups excluding carboxylic acids is 1. The molecule has 1 aliphatic rings. The average Bonchev–Trinajstić information content (AvgIpc) is 2.79. The Balaban J connectivity index is 2.47. The molecule has 1 fully saturated rings. The molecule has 0 spiro atoms. The fourth-order valence-corrected chi connectivity index (χ4v) is 2.10. The van der Waals surface area contributed by atoms with Gasteiger partial charge in [-0.05, 0) is 6.07 Å². The van der Waals surface area contributed by atoms with Gasteiger partial charge in [0.05, 0.1) is 16.2 Å². The van der Waals surface area contributed by atoms with E-state index in [0.717, 1.165) is 12.1 Å². The number of rotatable bonds is 3. The zero-order chi connectivity index (χ0) is 14.9. The van der Waals surface area contributed by atoms with Gasteiger partial charge in [-0.3, -0.25) is 14.9 Å². The van der Waals surface area contributed by atoms with Crippen molar-refractivity contribution >= 4 is 23.3 Å². The van der Waals surface area contributed by atoms with E-state index in [1.54, 1.807) is 0 Å². The van der Waals surface area contributed by atoms with Crippen LogP contribution in [0, 0.1) is 28.4 Å². The smallest absolute Gasteiger partial charge is 0.338 e. The zero-order valence-corrected chi connectivity index (χ0v) is 10.3. The standard InChI is InChI=1S/C13H10N2O5/c1-2-8-5-12(16)14(7-8)11-4-3-9(15(19)20)6-10(11)13(17)18/h1,3-4,6,8H,5,7H2,(H,17,18). The number of carboxylic acid groups (broad SMARTS) is 1.